The van der Waals surface area contributed by atoms with Crippen molar-refractivity contribution in [1.82, 2.24) is 9.97 Å². The maximum atomic E-state index is 10.5. The van der Waals surface area contributed by atoms with E-state index in [-0.39, 0.29) is 17.2 Å². The van der Waals surface area contributed by atoms with Crippen molar-refractivity contribution in [2.24, 2.45) is 0 Å². The zero-order valence-electron chi connectivity index (χ0n) is 8.89. The summed E-state index contributed by atoms with van der Waals surface area (Å²) in [4.78, 5) is 27.4. The van der Waals surface area contributed by atoms with E-state index in [1.165, 1.54) is 24.3 Å². The van der Waals surface area contributed by atoms with Crippen LogP contribution in [-0.4, -0.2) is 19.8 Å². The molecule has 90 valence electrons. The molecule has 0 fully saturated rings. The summed E-state index contributed by atoms with van der Waals surface area (Å²) in [5.74, 6) is 0.274. The Kier molecular flexibility index (Phi) is 2.92. The fraction of sp³-hybridized carbons (Fsp3) is 0. The second kappa shape index (κ2) is 4.53. The van der Waals surface area contributed by atoms with Gasteiger partial charge in [-0.25, -0.2) is 9.97 Å². The summed E-state index contributed by atoms with van der Waals surface area (Å²) < 4.78 is 0. The Morgan fingerprint density at radius 2 is 1.33 bits per heavy atom. The first-order valence-electron chi connectivity index (χ1n) is 4.79. The Morgan fingerprint density at radius 3 is 1.78 bits per heavy atom. The Labute approximate surface area is 100 Å². The molecular weight excluding hydrogens is 240 g/mol. The number of nitro groups is 2. The predicted molar refractivity (Wildman–Crippen MR) is 60.8 cm³/mol. The number of nitro benzene ring substituents is 1. The zero-order valence-corrected chi connectivity index (χ0v) is 8.89. The fourth-order valence-electron chi connectivity index (χ4n) is 1.30. The first-order chi connectivity index (χ1) is 8.58. The van der Waals surface area contributed by atoms with Gasteiger partial charge in [-0.15, -0.1) is 0 Å². The molecule has 0 radical (unpaired) electrons. The van der Waals surface area contributed by atoms with Crippen molar-refractivity contribution < 1.29 is 9.85 Å². The molecule has 1 aromatic heterocycles. The van der Waals surface area contributed by atoms with Gasteiger partial charge in [0.1, 0.15) is 12.4 Å². The van der Waals surface area contributed by atoms with Crippen molar-refractivity contribution >= 4 is 11.4 Å². The standard InChI is InChI=1S/C10H6N4O4/c15-13(16)8-3-1-7(2-4-8)10-11-5-9(6-12-10)14(17)18/h1-6H. The van der Waals surface area contributed by atoms with Crippen LogP contribution in [0.5, 0.6) is 0 Å². The minimum absolute atomic E-state index is 0.0411. The summed E-state index contributed by atoms with van der Waals surface area (Å²) in [5, 5.41) is 20.9. The van der Waals surface area contributed by atoms with Gasteiger partial charge in [-0.2, -0.15) is 0 Å². The van der Waals surface area contributed by atoms with Crippen LogP contribution in [0.25, 0.3) is 11.4 Å². The molecule has 0 N–H and O–H groups in total. The first-order valence-corrected chi connectivity index (χ1v) is 4.79. The van der Waals surface area contributed by atoms with Crippen LogP contribution >= 0.6 is 0 Å². The van der Waals surface area contributed by atoms with E-state index in [4.69, 9.17) is 0 Å². The van der Waals surface area contributed by atoms with E-state index in [1.807, 2.05) is 0 Å². The minimum atomic E-state index is -0.598. The van der Waals surface area contributed by atoms with Gasteiger partial charge in [0.25, 0.3) is 5.69 Å². The predicted octanol–water partition coefficient (Wildman–Crippen LogP) is 1.96. The van der Waals surface area contributed by atoms with Gasteiger partial charge in [-0.1, -0.05) is 0 Å². The number of hydrogen-bond donors (Lipinski definition) is 0. The van der Waals surface area contributed by atoms with Crippen molar-refractivity contribution in [3.63, 3.8) is 0 Å². The molecule has 0 saturated carbocycles. The van der Waals surface area contributed by atoms with Crippen molar-refractivity contribution in [2.45, 2.75) is 0 Å². The van der Waals surface area contributed by atoms with Crippen LogP contribution in [0.4, 0.5) is 11.4 Å². The van der Waals surface area contributed by atoms with Crippen LogP contribution in [0, 0.1) is 20.2 Å². The van der Waals surface area contributed by atoms with Crippen LogP contribution in [0.2, 0.25) is 0 Å². The van der Waals surface area contributed by atoms with Crippen LogP contribution < -0.4 is 0 Å². The average molecular weight is 246 g/mol. The van der Waals surface area contributed by atoms with Gasteiger partial charge in [-0.3, -0.25) is 20.2 Å². The quantitative estimate of drug-likeness (QED) is 0.604. The van der Waals surface area contributed by atoms with Crippen molar-refractivity contribution in [3.05, 3.63) is 56.9 Å². The minimum Gasteiger partial charge on any atom is -0.258 e. The molecule has 1 aromatic carbocycles. The summed E-state index contributed by atoms with van der Waals surface area (Å²) in [6, 6.07) is 5.61. The zero-order chi connectivity index (χ0) is 13.1. The van der Waals surface area contributed by atoms with E-state index >= 15 is 0 Å². The van der Waals surface area contributed by atoms with Crippen molar-refractivity contribution in [2.75, 3.05) is 0 Å². The van der Waals surface area contributed by atoms with Gasteiger partial charge in [-0.05, 0) is 12.1 Å². The Morgan fingerprint density at radius 1 is 0.833 bits per heavy atom. The normalized spacial score (nSPS) is 10.0. The lowest BCUT2D eigenvalue weighted by molar-refractivity contribution is -0.385. The van der Waals surface area contributed by atoms with Gasteiger partial charge in [0.15, 0.2) is 5.82 Å². The highest BCUT2D eigenvalue weighted by atomic mass is 16.6. The molecule has 2 aromatic rings. The Bertz CT molecular complexity index is 539. The molecule has 18 heavy (non-hydrogen) atoms. The molecular formula is C10H6N4O4. The second-order valence-electron chi connectivity index (χ2n) is 3.33. The van der Waals surface area contributed by atoms with Gasteiger partial charge >= 0.3 is 5.69 Å². The van der Waals surface area contributed by atoms with Crippen LogP contribution in [-0.2, 0) is 0 Å². The molecule has 0 atom stereocenters. The second-order valence-corrected chi connectivity index (χ2v) is 3.33. The highest BCUT2D eigenvalue weighted by molar-refractivity contribution is 5.57. The summed E-state index contributed by atoms with van der Waals surface area (Å²) in [6.07, 6.45) is 2.17. The third-order valence-electron chi connectivity index (χ3n) is 2.19. The summed E-state index contributed by atoms with van der Waals surface area (Å²) in [6.45, 7) is 0. The highest BCUT2D eigenvalue weighted by Crippen LogP contribution is 2.19. The lowest BCUT2D eigenvalue weighted by Gasteiger charge is -1.98. The van der Waals surface area contributed by atoms with Gasteiger partial charge in [0, 0.05) is 17.7 Å². The summed E-state index contributed by atoms with van der Waals surface area (Å²) >= 11 is 0. The third-order valence-corrected chi connectivity index (χ3v) is 2.19. The van der Waals surface area contributed by atoms with E-state index < -0.39 is 9.85 Å². The molecule has 2 rings (SSSR count). The number of aromatic nitrogens is 2. The van der Waals surface area contributed by atoms with Gasteiger partial charge < -0.3 is 0 Å². The number of non-ortho nitro benzene ring substituents is 1. The topological polar surface area (TPSA) is 112 Å². The van der Waals surface area contributed by atoms with E-state index in [9.17, 15) is 20.2 Å². The Balaban J connectivity index is 2.31. The van der Waals surface area contributed by atoms with Crippen molar-refractivity contribution in [3.8, 4) is 11.4 Å². The smallest absolute Gasteiger partial charge is 0.258 e. The lowest BCUT2D eigenvalue weighted by atomic mass is 10.2. The SMILES string of the molecule is O=[N+]([O-])c1ccc(-c2ncc([N+](=O)[O-])cn2)cc1. The van der Waals surface area contributed by atoms with Crippen LogP contribution in [0.3, 0.4) is 0 Å². The number of nitrogens with zero attached hydrogens (tertiary/aromatic N) is 4. The molecule has 0 aliphatic carbocycles. The fourth-order valence-corrected chi connectivity index (χ4v) is 1.30. The van der Waals surface area contributed by atoms with E-state index in [1.54, 1.807) is 0 Å². The van der Waals surface area contributed by atoms with Crippen LogP contribution in [0.15, 0.2) is 36.7 Å². The molecule has 0 unspecified atom stereocenters. The Hall–Kier alpha value is -2.90. The van der Waals surface area contributed by atoms with E-state index in [0.29, 0.717) is 5.56 Å². The number of hydrogen-bond acceptors (Lipinski definition) is 6. The maximum absolute atomic E-state index is 10.5. The number of benzene rings is 1. The number of rotatable bonds is 3. The molecule has 0 saturated heterocycles. The molecule has 0 spiro atoms. The van der Waals surface area contributed by atoms with Crippen molar-refractivity contribution in [1.29, 1.82) is 0 Å². The summed E-state index contributed by atoms with van der Waals surface area (Å²) in [5.41, 5.74) is 0.303. The largest absolute Gasteiger partial charge is 0.305 e. The molecule has 0 bridgehead atoms. The maximum Gasteiger partial charge on any atom is 0.305 e. The summed E-state index contributed by atoms with van der Waals surface area (Å²) in [7, 11) is 0. The molecule has 0 amide bonds. The molecule has 8 heteroatoms. The molecule has 0 aliphatic heterocycles. The van der Waals surface area contributed by atoms with E-state index in [0.717, 1.165) is 12.4 Å². The lowest BCUT2D eigenvalue weighted by Crippen LogP contribution is -1.94. The molecule has 8 nitrogen and oxygen atoms in total. The monoisotopic (exact) mass is 246 g/mol. The van der Waals surface area contributed by atoms with E-state index in [2.05, 4.69) is 9.97 Å². The molecule has 1 heterocycles. The van der Waals surface area contributed by atoms with Crippen LogP contribution in [0.1, 0.15) is 0 Å². The van der Waals surface area contributed by atoms with Gasteiger partial charge in [0.05, 0.1) is 9.85 Å². The highest BCUT2D eigenvalue weighted by Gasteiger charge is 2.09. The first kappa shape index (κ1) is 11.6. The third kappa shape index (κ3) is 2.26. The average Bonchev–Trinajstić information content (AvgIpc) is 2.39. The van der Waals surface area contributed by atoms with Gasteiger partial charge in [0.2, 0.25) is 0 Å². The molecule has 0 aliphatic rings.